The van der Waals surface area contributed by atoms with E-state index in [9.17, 15) is 0 Å². The molecule has 3 rings (SSSR count). The van der Waals surface area contributed by atoms with E-state index in [-0.39, 0.29) is 6.04 Å². The van der Waals surface area contributed by atoms with Gasteiger partial charge < -0.3 is 10.3 Å². The molecular formula is C12H15BrN6. The Morgan fingerprint density at radius 2 is 2.26 bits per heavy atom. The Hall–Kier alpha value is -1.31. The number of fused-ring (bicyclic) bond motifs is 1. The molecule has 0 spiro atoms. The second-order valence-electron chi connectivity index (χ2n) is 4.60. The molecule has 0 saturated heterocycles. The number of halogens is 1. The first-order valence-corrected chi connectivity index (χ1v) is 6.98. The average Bonchev–Trinajstić information content (AvgIpc) is 2.87. The molecule has 0 aromatic carbocycles. The molecule has 1 atom stereocenters. The van der Waals surface area contributed by atoms with Gasteiger partial charge in [0, 0.05) is 42.5 Å². The van der Waals surface area contributed by atoms with Crippen molar-refractivity contribution in [2.24, 2.45) is 5.73 Å². The molecule has 100 valence electrons. The lowest BCUT2D eigenvalue weighted by Crippen LogP contribution is -2.39. The Morgan fingerprint density at radius 3 is 3.05 bits per heavy atom. The number of hydrogen-bond donors (Lipinski definition) is 1. The summed E-state index contributed by atoms with van der Waals surface area (Å²) >= 11 is 3.45. The van der Waals surface area contributed by atoms with E-state index < -0.39 is 0 Å². The van der Waals surface area contributed by atoms with Gasteiger partial charge in [0.1, 0.15) is 12.2 Å². The first-order valence-electron chi connectivity index (χ1n) is 6.19. The number of aromatic nitrogens is 4. The van der Waals surface area contributed by atoms with Gasteiger partial charge in [0.15, 0.2) is 0 Å². The molecule has 1 unspecified atom stereocenters. The van der Waals surface area contributed by atoms with E-state index in [4.69, 9.17) is 5.73 Å². The normalized spacial score (nSPS) is 17.2. The standard InChI is InChI=1S/C12H15BrN6/c13-10-3-9(5-15-6-10)11(4-14)18-1-2-19-8-16-17-12(19)7-18/h3,5-6,8,11H,1-2,4,7,14H2. The second-order valence-corrected chi connectivity index (χ2v) is 5.51. The van der Waals surface area contributed by atoms with Gasteiger partial charge in [0.25, 0.3) is 0 Å². The fourth-order valence-electron chi connectivity index (χ4n) is 2.46. The Labute approximate surface area is 119 Å². The third kappa shape index (κ3) is 2.54. The molecule has 3 heterocycles. The maximum absolute atomic E-state index is 5.95. The highest BCUT2D eigenvalue weighted by Gasteiger charge is 2.25. The van der Waals surface area contributed by atoms with Crippen molar-refractivity contribution < 1.29 is 0 Å². The monoisotopic (exact) mass is 322 g/mol. The van der Waals surface area contributed by atoms with E-state index >= 15 is 0 Å². The highest BCUT2D eigenvalue weighted by atomic mass is 79.9. The number of nitrogens with zero attached hydrogens (tertiary/aromatic N) is 5. The van der Waals surface area contributed by atoms with E-state index in [0.29, 0.717) is 6.54 Å². The summed E-state index contributed by atoms with van der Waals surface area (Å²) in [6.07, 6.45) is 5.44. The second kappa shape index (κ2) is 5.36. The van der Waals surface area contributed by atoms with Gasteiger partial charge in [-0.3, -0.25) is 9.88 Å². The molecule has 7 heteroatoms. The summed E-state index contributed by atoms with van der Waals surface area (Å²) in [7, 11) is 0. The average molecular weight is 323 g/mol. The van der Waals surface area contributed by atoms with Crippen molar-refractivity contribution in [2.75, 3.05) is 13.1 Å². The van der Waals surface area contributed by atoms with Crippen molar-refractivity contribution in [3.8, 4) is 0 Å². The maximum Gasteiger partial charge on any atom is 0.147 e. The zero-order valence-electron chi connectivity index (χ0n) is 10.4. The van der Waals surface area contributed by atoms with E-state index in [1.807, 2.05) is 6.20 Å². The summed E-state index contributed by atoms with van der Waals surface area (Å²) in [5, 5.41) is 8.09. The van der Waals surface area contributed by atoms with E-state index in [0.717, 1.165) is 35.5 Å². The van der Waals surface area contributed by atoms with Gasteiger partial charge in [-0.1, -0.05) is 0 Å². The van der Waals surface area contributed by atoms with Crippen molar-refractivity contribution in [3.05, 3.63) is 40.6 Å². The Morgan fingerprint density at radius 1 is 1.37 bits per heavy atom. The van der Waals surface area contributed by atoms with Gasteiger partial charge in [-0.05, 0) is 27.6 Å². The summed E-state index contributed by atoms with van der Waals surface area (Å²) in [5.74, 6) is 0.993. The largest absolute Gasteiger partial charge is 0.329 e. The molecule has 1 aliphatic heterocycles. The zero-order valence-corrected chi connectivity index (χ0v) is 12.0. The lowest BCUT2D eigenvalue weighted by atomic mass is 10.1. The number of hydrogen-bond acceptors (Lipinski definition) is 5. The summed E-state index contributed by atoms with van der Waals surface area (Å²) < 4.78 is 3.06. The summed E-state index contributed by atoms with van der Waals surface area (Å²) in [6.45, 7) is 3.18. The van der Waals surface area contributed by atoms with E-state index in [2.05, 4.69) is 46.6 Å². The van der Waals surface area contributed by atoms with Crippen LogP contribution < -0.4 is 5.73 Å². The van der Waals surface area contributed by atoms with Crippen LogP contribution in [0.2, 0.25) is 0 Å². The minimum Gasteiger partial charge on any atom is -0.329 e. The quantitative estimate of drug-likeness (QED) is 0.910. The van der Waals surface area contributed by atoms with Crippen LogP contribution in [-0.4, -0.2) is 37.7 Å². The van der Waals surface area contributed by atoms with Crippen LogP contribution in [0.15, 0.2) is 29.3 Å². The van der Waals surface area contributed by atoms with Crippen LogP contribution in [-0.2, 0) is 13.1 Å². The van der Waals surface area contributed by atoms with Crippen molar-refractivity contribution in [1.82, 2.24) is 24.6 Å². The van der Waals surface area contributed by atoms with Crippen LogP contribution >= 0.6 is 15.9 Å². The maximum atomic E-state index is 5.95. The van der Waals surface area contributed by atoms with Crippen LogP contribution in [0.5, 0.6) is 0 Å². The van der Waals surface area contributed by atoms with Crippen molar-refractivity contribution in [2.45, 2.75) is 19.1 Å². The molecule has 2 aromatic rings. The topological polar surface area (TPSA) is 72.9 Å². The first kappa shape index (κ1) is 12.7. The SMILES string of the molecule is NCC(c1cncc(Br)c1)N1CCn2cnnc2C1. The molecule has 2 N–H and O–H groups in total. The Kier molecular flexibility index (Phi) is 3.58. The van der Waals surface area contributed by atoms with Crippen molar-refractivity contribution in [1.29, 1.82) is 0 Å². The molecule has 0 saturated carbocycles. The lowest BCUT2D eigenvalue weighted by molar-refractivity contribution is 0.156. The number of pyridine rings is 1. The number of nitrogens with two attached hydrogens (primary N) is 1. The molecule has 19 heavy (non-hydrogen) atoms. The smallest absolute Gasteiger partial charge is 0.147 e. The first-order chi connectivity index (χ1) is 9.28. The molecule has 2 aromatic heterocycles. The molecule has 0 fully saturated rings. The van der Waals surface area contributed by atoms with Crippen LogP contribution in [0.4, 0.5) is 0 Å². The fourth-order valence-corrected chi connectivity index (χ4v) is 2.84. The highest BCUT2D eigenvalue weighted by Crippen LogP contribution is 2.25. The number of rotatable bonds is 3. The van der Waals surface area contributed by atoms with Gasteiger partial charge in [0.2, 0.25) is 0 Å². The van der Waals surface area contributed by atoms with Gasteiger partial charge in [-0.25, -0.2) is 0 Å². The predicted molar refractivity (Wildman–Crippen MR) is 74.2 cm³/mol. The molecule has 1 aliphatic rings. The molecule has 6 nitrogen and oxygen atoms in total. The third-order valence-electron chi connectivity index (χ3n) is 3.44. The molecule has 0 aliphatic carbocycles. The molecule has 0 bridgehead atoms. The van der Waals surface area contributed by atoms with Crippen LogP contribution in [0.25, 0.3) is 0 Å². The Balaban J connectivity index is 1.84. The van der Waals surface area contributed by atoms with Gasteiger partial charge in [-0.15, -0.1) is 10.2 Å². The van der Waals surface area contributed by atoms with Gasteiger partial charge >= 0.3 is 0 Å². The van der Waals surface area contributed by atoms with Crippen molar-refractivity contribution in [3.63, 3.8) is 0 Å². The molecule has 0 amide bonds. The van der Waals surface area contributed by atoms with E-state index in [1.54, 1.807) is 12.5 Å². The third-order valence-corrected chi connectivity index (χ3v) is 3.88. The van der Waals surface area contributed by atoms with Crippen LogP contribution in [0, 0.1) is 0 Å². The van der Waals surface area contributed by atoms with Crippen LogP contribution in [0.3, 0.4) is 0 Å². The minimum absolute atomic E-state index is 0.162. The Bertz CT molecular complexity index is 569. The minimum atomic E-state index is 0.162. The summed E-state index contributed by atoms with van der Waals surface area (Å²) in [4.78, 5) is 6.55. The fraction of sp³-hybridized carbons (Fsp3) is 0.417. The summed E-state index contributed by atoms with van der Waals surface area (Å²) in [6, 6.07) is 2.24. The highest BCUT2D eigenvalue weighted by molar-refractivity contribution is 9.10. The van der Waals surface area contributed by atoms with E-state index in [1.165, 1.54) is 0 Å². The van der Waals surface area contributed by atoms with Crippen molar-refractivity contribution >= 4 is 15.9 Å². The van der Waals surface area contributed by atoms with Gasteiger partial charge in [-0.2, -0.15) is 0 Å². The molecular weight excluding hydrogens is 308 g/mol. The van der Waals surface area contributed by atoms with Crippen LogP contribution in [0.1, 0.15) is 17.4 Å². The van der Waals surface area contributed by atoms with Gasteiger partial charge in [0.05, 0.1) is 6.54 Å². The lowest BCUT2D eigenvalue weighted by Gasteiger charge is -2.33. The molecule has 0 radical (unpaired) electrons. The summed E-state index contributed by atoms with van der Waals surface area (Å²) in [5.41, 5.74) is 7.08. The predicted octanol–water partition coefficient (Wildman–Crippen LogP) is 0.951. The zero-order chi connectivity index (χ0) is 13.2.